The van der Waals surface area contributed by atoms with Crippen LogP contribution >= 0.6 is 12.4 Å². The third-order valence-corrected chi connectivity index (χ3v) is 4.76. The van der Waals surface area contributed by atoms with Crippen molar-refractivity contribution in [1.29, 1.82) is 0 Å². The Hall–Kier alpha value is -2.37. The number of benzene rings is 2. The third-order valence-electron chi connectivity index (χ3n) is 4.76. The van der Waals surface area contributed by atoms with Crippen molar-refractivity contribution < 1.29 is 9.59 Å². The molecule has 1 atom stereocenters. The molecular weight excluding hydrogens is 362 g/mol. The summed E-state index contributed by atoms with van der Waals surface area (Å²) in [5.41, 5.74) is 8.30. The van der Waals surface area contributed by atoms with Gasteiger partial charge in [-0.25, -0.2) is 0 Å². The zero-order chi connectivity index (χ0) is 18.4. The van der Waals surface area contributed by atoms with Gasteiger partial charge in [0.15, 0.2) is 0 Å². The van der Waals surface area contributed by atoms with Crippen molar-refractivity contribution in [2.75, 3.05) is 26.2 Å². The molecule has 2 amide bonds. The smallest absolute Gasteiger partial charge is 0.253 e. The summed E-state index contributed by atoms with van der Waals surface area (Å²) in [6, 6.07) is 17.7. The number of nitrogens with two attached hydrogens (primary N) is 1. The van der Waals surface area contributed by atoms with Crippen molar-refractivity contribution in [2.24, 2.45) is 11.7 Å². The summed E-state index contributed by atoms with van der Waals surface area (Å²) in [7, 11) is 0. The van der Waals surface area contributed by atoms with Crippen LogP contribution in [0.5, 0.6) is 0 Å². The Morgan fingerprint density at radius 1 is 1.04 bits per heavy atom. The van der Waals surface area contributed by atoms with E-state index >= 15 is 0 Å². The quantitative estimate of drug-likeness (QED) is 0.828. The van der Waals surface area contributed by atoms with Gasteiger partial charge in [-0.1, -0.05) is 42.5 Å². The van der Waals surface area contributed by atoms with Crippen LogP contribution in [0.3, 0.4) is 0 Å². The molecule has 3 N–H and O–H groups in total. The highest BCUT2D eigenvalue weighted by Crippen LogP contribution is 2.22. The summed E-state index contributed by atoms with van der Waals surface area (Å²) in [5, 5.41) is 2.83. The highest BCUT2D eigenvalue weighted by atomic mass is 35.5. The first-order valence-electron chi connectivity index (χ1n) is 9.11. The minimum atomic E-state index is -0.150. The molecule has 1 heterocycles. The lowest BCUT2D eigenvalue weighted by atomic mass is 9.96. The summed E-state index contributed by atoms with van der Waals surface area (Å²) >= 11 is 0. The molecular formula is C21H26ClN3O2. The average molecular weight is 388 g/mol. The lowest BCUT2D eigenvalue weighted by molar-refractivity contribution is -0.126. The Morgan fingerprint density at radius 3 is 2.37 bits per heavy atom. The number of likely N-dealkylation sites (tertiary alicyclic amines) is 1. The largest absolute Gasteiger partial charge is 0.355 e. The molecule has 1 aliphatic heterocycles. The standard InChI is InChI=1S/C21H25N3O2.ClH/c22-12-13-23-20(25)19-7-4-14-24(15-19)21(26)18-10-8-17(9-11-18)16-5-2-1-3-6-16;/h1-3,5-6,8-11,19H,4,7,12-15,22H2,(H,23,25);1H. The molecule has 27 heavy (non-hydrogen) atoms. The first-order chi connectivity index (χ1) is 12.7. The molecule has 6 heteroatoms. The summed E-state index contributed by atoms with van der Waals surface area (Å²) in [4.78, 5) is 26.7. The van der Waals surface area contributed by atoms with Gasteiger partial charge in [0.05, 0.1) is 5.92 Å². The van der Waals surface area contributed by atoms with Gasteiger partial charge in [0, 0.05) is 31.7 Å². The molecule has 1 saturated heterocycles. The van der Waals surface area contributed by atoms with Crippen LogP contribution in [0.2, 0.25) is 0 Å². The molecule has 2 aromatic carbocycles. The van der Waals surface area contributed by atoms with Gasteiger partial charge in [0.2, 0.25) is 5.91 Å². The van der Waals surface area contributed by atoms with E-state index in [1.165, 1.54) is 0 Å². The van der Waals surface area contributed by atoms with Crippen LogP contribution in [-0.2, 0) is 4.79 Å². The zero-order valence-corrected chi connectivity index (χ0v) is 16.1. The van der Waals surface area contributed by atoms with E-state index in [4.69, 9.17) is 5.73 Å². The van der Waals surface area contributed by atoms with Crippen LogP contribution in [0.1, 0.15) is 23.2 Å². The van der Waals surface area contributed by atoms with Crippen molar-refractivity contribution in [1.82, 2.24) is 10.2 Å². The van der Waals surface area contributed by atoms with Crippen LogP contribution in [0, 0.1) is 5.92 Å². The molecule has 5 nitrogen and oxygen atoms in total. The maximum atomic E-state index is 12.8. The summed E-state index contributed by atoms with van der Waals surface area (Å²) < 4.78 is 0. The van der Waals surface area contributed by atoms with Gasteiger partial charge < -0.3 is 16.0 Å². The molecule has 0 saturated carbocycles. The van der Waals surface area contributed by atoms with E-state index in [2.05, 4.69) is 5.32 Å². The van der Waals surface area contributed by atoms with Gasteiger partial charge in [-0.05, 0) is 36.1 Å². The van der Waals surface area contributed by atoms with Gasteiger partial charge in [-0.15, -0.1) is 12.4 Å². The number of carbonyl (C=O) groups excluding carboxylic acids is 2. The molecule has 0 aromatic heterocycles. The number of nitrogens with zero attached hydrogens (tertiary/aromatic N) is 1. The van der Waals surface area contributed by atoms with Crippen molar-refractivity contribution in [3.63, 3.8) is 0 Å². The molecule has 0 bridgehead atoms. The Bertz CT molecular complexity index is 750. The Kier molecular flexibility index (Phi) is 7.82. The van der Waals surface area contributed by atoms with E-state index in [1.807, 2.05) is 54.6 Å². The van der Waals surface area contributed by atoms with Crippen LogP contribution in [0.15, 0.2) is 54.6 Å². The second kappa shape index (κ2) is 10.1. The fourth-order valence-electron chi connectivity index (χ4n) is 3.33. The molecule has 0 radical (unpaired) electrons. The summed E-state index contributed by atoms with van der Waals surface area (Å²) in [6.07, 6.45) is 1.65. The monoisotopic (exact) mass is 387 g/mol. The lowest BCUT2D eigenvalue weighted by Gasteiger charge is -2.32. The molecule has 1 aliphatic rings. The van der Waals surface area contributed by atoms with E-state index in [-0.39, 0.29) is 30.1 Å². The van der Waals surface area contributed by atoms with E-state index < -0.39 is 0 Å². The molecule has 2 aromatic rings. The minimum absolute atomic E-state index is 0. The number of amides is 2. The molecule has 0 spiro atoms. The Labute approximate surface area is 166 Å². The van der Waals surface area contributed by atoms with Crippen LogP contribution in [0.25, 0.3) is 11.1 Å². The number of hydrogen-bond acceptors (Lipinski definition) is 3. The average Bonchev–Trinajstić information content (AvgIpc) is 2.72. The van der Waals surface area contributed by atoms with E-state index in [9.17, 15) is 9.59 Å². The molecule has 1 unspecified atom stereocenters. The molecule has 3 rings (SSSR count). The fraction of sp³-hybridized carbons (Fsp3) is 0.333. The van der Waals surface area contributed by atoms with Gasteiger partial charge in [-0.2, -0.15) is 0 Å². The predicted molar refractivity (Wildman–Crippen MR) is 110 cm³/mol. The molecule has 1 fully saturated rings. The second-order valence-corrected chi connectivity index (χ2v) is 6.61. The second-order valence-electron chi connectivity index (χ2n) is 6.61. The van der Waals surface area contributed by atoms with E-state index in [0.29, 0.717) is 31.7 Å². The van der Waals surface area contributed by atoms with Gasteiger partial charge in [-0.3, -0.25) is 9.59 Å². The number of carbonyl (C=O) groups is 2. The van der Waals surface area contributed by atoms with Gasteiger partial charge in [0.1, 0.15) is 0 Å². The third kappa shape index (κ3) is 5.31. The zero-order valence-electron chi connectivity index (χ0n) is 15.3. The number of hydrogen-bond donors (Lipinski definition) is 2. The van der Waals surface area contributed by atoms with Crippen molar-refractivity contribution in [3.05, 3.63) is 60.2 Å². The van der Waals surface area contributed by atoms with Crippen LogP contribution < -0.4 is 11.1 Å². The van der Waals surface area contributed by atoms with Crippen LogP contribution in [0.4, 0.5) is 0 Å². The topological polar surface area (TPSA) is 75.4 Å². The predicted octanol–water partition coefficient (Wildman–Crippen LogP) is 2.70. The highest BCUT2D eigenvalue weighted by molar-refractivity contribution is 5.95. The van der Waals surface area contributed by atoms with Gasteiger partial charge in [0.25, 0.3) is 5.91 Å². The fourth-order valence-corrected chi connectivity index (χ4v) is 3.33. The normalized spacial score (nSPS) is 16.3. The van der Waals surface area contributed by atoms with Crippen LogP contribution in [-0.4, -0.2) is 42.9 Å². The summed E-state index contributed by atoms with van der Waals surface area (Å²) in [6.45, 7) is 2.06. The van der Waals surface area contributed by atoms with Gasteiger partial charge >= 0.3 is 0 Å². The first kappa shape index (κ1) is 20.9. The van der Waals surface area contributed by atoms with Crippen molar-refractivity contribution >= 4 is 24.2 Å². The maximum Gasteiger partial charge on any atom is 0.253 e. The van der Waals surface area contributed by atoms with E-state index in [1.54, 1.807) is 4.90 Å². The lowest BCUT2D eigenvalue weighted by Crippen LogP contribution is -2.46. The highest BCUT2D eigenvalue weighted by Gasteiger charge is 2.28. The molecule has 144 valence electrons. The number of rotatable bonds is 5. The van der Waals surface area contributed by atoms with Crippen molar-refractivity contribution in [2.45, 2.75) is 12.8 Å². The maximum absolute atomic E-state index is 12.8. The van der Waals surface area contributed by atoms with E-state index in [0.717, 1.165) is 24.0 Å². The summed E-state index contributed by atoms with van der Waals surface area (Å²) in [5.74, 6) is -0.170. The Balaban J connectivity index is 0.00000261. The van der Waals surface area contributed by atoms with Crippen molar-refractivity contribution in [3.8, 4) is 11.1 Å². The molecule has 0 aliphatic carbocycles. The number of piperidine rings is 1. The first-order valence-corrected chi connectivity index (χ1v) is 9.11. The number of nitrogens with one attached hydrogen (secondary N) is 1. The SMILES string of the molecule is Cl.NCCNC(=O)C1CCCN(C(=O)c2ccc(-c3ccccc3)cc2)C1. The number of halogens is 1. The Morgan fingerprint density at radius 2 is 1.70 bits per heavy atom. The minimum Gasteiger partial charge on any atom is -0.355 e.